The predicted molar refractivity (Wildman–Crippen MR) is 89.8 cm³/mol. The minimum Gasteiger partial charge on any atom is -0.496 e. The first-order valence-corrected chi connectivity index (χ1v) is 7.13. The highest BCUT2D eigenvalue weighted by molar-refractivity contribution is 5.70. The maximum atomic E-state index is 8.80. The van der Waals surface area contributed by atoms with Crippen molar-refractivity contribution in [2.24, 2.45) is 0 Å². The lowest BCUT2D eigenvalue weighted by molar-refractivity contribution is -0.106. The molecule has 0 N–H and O–H groups in total. The second kappa shape index (κ2) is 8.14. The Kier molecular flexibility index (Phi) is 5.93. The largest absolute Gasteiger partial charge is 0.496 e. The van der Waals surface area contributed by atoms with Gasteiger partial charge in [0.2, 0.25) is 0 Å². The lowest BCUT2D eigenvalue weighted by Gasteiger charge is -2.17. The maximum absolute atomic E-state index is 8.80. The standard InChI is InChI=1S/C19H19NO3/c1-21-18-12-15(10-11-17(18)19(22-2)23-3)7-4-14-5-8-16(13-20)9-6-14/h4-12,19H,1-3H3. The first-order chi connectivity index (χ1) is 11.2. The molecule has 4 nitrogen and oxygen atoms in total. The van der Waals surface area contributed by atoms with Crippen molar-refractivity contribution in [3.05, 3.63) is 64.7 Å². The summed E-state index contributed by atoms with van der Waals surface area (Å²) in [6.45, 7) is 0. The average Bonchev–Trinajstić information content (AvgIpc) is 2.62. The fourth-order valence-electron chi connectivity index (χ4n) is 2.24. The fraction of sp³-hybridized carbons (Fsp3) is 0.211. The summed E-state index contributed by atoms with van der Waals surface area (Å²) >= 11 is 0. The summed E-state index contributed by atoms with van der Waals surface area (Å²) in [5.74, 6) is 0.709. The van der Waals surface area contributed by atoms with E-state index in [1.807, 2.05) is 42.5 Å². The third kappa shape index (κ3) is 4.19. The van der Waals surface area contributed by atoms with Crippen molar-refractivity contribution in [1.29, 1.82) is 5.26 Å². The molecule has 0 heterocycles. The van der Waals surface area contributed by atoms with E-state index in [1.165, 1.54) is 0 Å². The van der Waals surface area contributed by atoms with E-state index in [0.29, 0.717) is 11.3 Å². The van der Waals surface area contributed by atoms with Gasteiger partial charge in [-0.1, -0.05) is 30.4 Å². The summed E-state index contributed by atoms with van der Waals surface area (Å²) in [6, 6.07) is 15.4. The molecule has 2 aromatic rings. The Labute approximate surface area is 136 Å². The topological polar surface area (TPSA) is 51.5 Å². The number of nitriles is 1. The summed E-state index contributed by atoms with van der Waals surface area (Å²) in [5, 5.41) is 8.80. The van der Waals surface area contributed by atoms with Crippen LogP contribution in [0.1, 0.15) is 28.5 Å². The molecule has 2 aromatic carbocycles. The number of methoxy groups -OCH3 is 3. The molecule has 0 unspecified atom stereocenters. The summed E-state index contributed by atoms with van der Waals surface area (Å²) in [7, 11) is 4.80. The Balaban J connectivity index is 2.23. The molecule has 0 spiro atoms. The van der Waals surface area contributed by atoms with E-state index < -0.39 is 6.29 Å². The first-order valence-electron chi connectivity index (χ1n) is 7.13. The van der Waals surface area contributed by atoms with Crippen molar-refractivity contribution < 1.29 is 14.2 Å². The number of rotatable bonds is 6. The zero-order valence-corrected chi connectivity index (χ0v) is 13.4. The highest BCUT2D eigenvalue weighted by Gasteiger charge is 2.14. The third-order valence-electron chi connectivity index (χ3n) is 3.45. The number of ether oxygens (including phenoxy) is 3. The molecule has 0 amide bonds. The maximum Gasteiger partial charge on any atom is 0.186 e. The molecule has 0 atom stereocenters. The van der Waals surface area contributed by atoms with E-state index in [0.717, 1.165) is 16.7 Å². The van der Waals surface area contributed by atoms with Gasteiger partial charge < -0.3 is 14.2 Å². The van der Waals surface area contributed by atoms with E-state index in [4.69, 9.17) is 19.5 Å². The Morgan fingerprint density at radius 2 is 1.52 bits per heavy atom. The van der Waals surface area contributed by atoms with Crippen LogP contribution in [0.25, 0.3) is 12.2 Å². The van der Waals surface area contributed by atoms with E-state index in [1.54, 1.807) is 33.5 Å². The van der Waals surface area contributed by atoms with Gasteiger partial charge in [-0.3, -0.25) is 0 Å². The van der Waals surface area contributed by atoms with Crippen molar-refractivity contribution >= 4 is 12.2 Å². The van der Waals surface area contributed by atoms with Gasteiger partial charge in [0.25, 0.3) is 0 Å². The van der Waals surface area contributed by atoms with Gasteiger partial charge in [-0.25, -0.2) is 0 Å². The quantitative estimate of drug-likeness (QED) is 0.597. The third-order valence-corrected chi connectivity index (χ3v) is 3.45. The van der Waals surface area contributed by atoms with Crippen molar-refractivity contribution in [3.63, 3.8) is 0 Å². The van der Waals surface area contributed by atoms with Gasteiger partial charge in [-0.2, -0.15) is 5.26 Å². The van der Waals surface area contributed by atoms with E-state index in [9.17, 15) is 0 Å². The summed E-state index contributed by atoms with van der Waals surface area (Å²) < 4.78 is 16.0. The Hall–Kier alpha value is -2.61. The highest BCUT2D eigenvalue weighted by Crippen LogP contribution is 2.29. The summed E-state index contributed by atoms with van der Waals surface area (Å²) in [5.41, 5.74) is 3.52. The lowest BCUT2D eigenvalue weighted by atomic mass is 10.1. The Morgan fingerprint density at radius 1 is 0.913 bits per heavy atom. The van der Waals surface area contributed by atoms with Crippen LogP contribution in [0.3, 0.4) is 0 Å². The second-order valence-electron chi connectivity index (χ2n) is 4.87. The van der Waals surface area contributed by atoms with E-state index in [2.05, 4.69) is 6.07 Å². The summed E-state index contributed by atoms with van der Waals surface area (Å²) in [6.07, 6.45) is 3.52. The van der Waals surface area contributed by atoms with Crippen LogP contribution >= 0.6 is 0 Å². The molecule has 0 aliphatic carbocycles. The molecule has 4 heteroatoms. The smallest absolute Gasteiger partial charge is 0.186 e. The molecular formula is C19H19NO3. The van der Waals surface area contributed by atoms with Gasteiger partial charge in [0.1, 0.15) is 5.75 Å². The molecule has 0 aromatic heterocycles. The molecule has 0 saturated carbocycles. The molecule has 0 aliphatic rings. The van der Waals surface area contributed by atoms with Crippen molar-refractivity contribution in [1.82, 2.24) is 0 Å². The minimum absolute atomic E-state index is 0.457. The molecule has 0 fully saturated rings. The van der Waals surface area contributed by atoms with Gasteiger partial charge in [0.15, 0.2) is 6.29 Å². The van der Waals surface area contributed by atoms with Crippen LogP contribution in [0.5, 0.6) is 5.75 Å². The van der Waals surface area contributed by atoms with Gasteiger partial charge in [0, 0.05) is 19.8 Å². The van der Waals surface area contributed by atoms with Gasteiger partial charge in [0.05, 0.1) is 18.7 Å². The predicted octanol–water partition coefficient (Wildman–Crippen LogP) is 4.03. The molecule has 2 rings (SSSR count). The van der Waals surface area contributed by atoms with Crippen LogP contribution in [0.15, 0.2) is 42.5 Å². The zero-order chi connectivity index (χ0) is 16.7. The minimum atomic E-state index is -0.457. The molecule has 23 heavy (non-hydrogen) atoms. The van der Waals surface area contributed by atoms with E-state index >= 15 is 0 Å². The molecule has 0 saturated heterocycles. The van der Waals surface area contributed by atoms with Crippen LogP contribution < -0.4 is 4.74 Å². The van der Waals surface area contributed by atoms with Crippen molar-refractivity contribution in [3.8, 4) is 11.8 Å². The van der Waals surface area contributed by atoms with Crippen LogP contribution in [-0.4, -0.2) is 21.3 Å². The molecule has 0 aliphatic heterocycles. The monoisotopic (exact) mass is 309 g/mol. The van der Waals surface area contributed by atoms with Gasteiger partial charge in [-0.15, -0.1) is 0 Å². The molecule has 0 bridgehead atoms. The highest BCUT2D eigenvalue weighted by atomic mass is 16.7. The Bertz CT molecular complexity index is 710. The molecular weight excluding hydrogens is 290 g/mol. The number of hydrogen-bond donors (Lipinski definition) is 0. The van der Waals surface area contributed by atoms with Gasteiger partial charge in [-0.05, 0) is 35.4 Å². The normalized spacial score (nSPS) is 10.9. The molecule has 118 valence electrons. The van der Waals surface area contributed by atoms with Crippen LogP contribution in [0, 0.1) is 11.3 Å². The number of hydrogen-bond acceptors (Lipinski definition) is 4. The van der Waals surface area contributed by atoms with Crippen LogP contribution in [0.2, 0.25) is 0 Å². The number of benzene rings is 2. The second-order valence-corrected chi connectivity index (χ2v) is 4.87. The van der Waals surface area contributed by atoms with Gasteiger partial charge >= 0.3 is 0 Å². The SMILES string of the molecule is COc1cc(C=Cc2ccc(C#N)cc2)ccc1C(OC)OC. The average molecular weight is 309 g/mol. The van der Waals surface area contributed by atoms with Crippen molar-refractivity contribution in [2.75, 3.05) is 21.3 Å². The zero-order valence-electron chi connectivity index (χ0n) is 13.4. The van der Waals surface area contributed by atoms with E-state index in [-0.39, 0.29) is 0 Å². The Morgan fingerprint density at radius 3 is 2.09 bits per heavy atom. The molecule has 0 radical (unpaired) electrons. The van der Waals surface area contributed by atoms with Crippen LogP contribution in [-0.2, 0) is 9.47 Å². The van der Waals surface area contributed by atoms with Crippen molar-refractivity contribution in [2.45, 2.75) is 6.29 Å². The summed E-state index contributed by atoms with van der Waals surface area (Å²) in [4.78, 5) is 0. The van der Waals surface area contributed by atoms with Crippen LogP contribution in [0.4, 0.5) is 0 Å². The first kappa shape index (κ1) is 16.8. The lowest BCUT2D eigenvalue weighted by Crippen LogP contribution is -2.05. The number of nitrogens with zero attached hydrogens (tertiary/aromatic N) is 1. The fourth-order valence-corrected chi connectivity index (χ4v) is 2.24.